The number of anilines is 3. The third kappa shape index (κ3) is 8.75. The number of benzene rings is 2. The van der Waals surface area contributed by atoms with Gasteiger partial charge in [0.25, 0.3) is 5.65 Å². The molecule has 2 aromatic carbocycles. The van der Waals surface area contributed by atoms with E-state index in [1.165, 1.54) is 43.5 Å². The molecule has 19 heteroatoms. The Bertz CT molecular complexity index is 2380. The van der Waals surface area contributed by atoms with Crippen LogP contribution in [0.4, 0.5) is 26.1 Å². The van der Waals surface area contributed by atoms with Gasteiger partial charge in [0, 0.05) is 62.3 Å². The quantitative estimate of drug-likeness (QED) is 0.0687. The summed E-state index contributed by atoms with van der Waals surface area (Å²) in [6, 6.07) is 8.33. The normalized spacial score (nSPS) is 16.4. The molecule has 2 saturated heterocycles. The molecule has 59 heavy (non-hydrogen) atoms. The maximum atomic E-state index is 15.9. The second kappa shape index (κ2) is 17.3. The zero-order chi connectivity index (χ0) is 41.8. The van der Waals surface area contributed by atoms with Crippen LogP contribution in [0, 0.1) is 21.7 Å². The number of rotatable bonds is 13. The molecule has 2 aromatic heterocycles. The summed E-state index contributed by atoms with van der Waals surface area (Å²) in [5, 5.41) is 14.9. The Balaban J connectivity index is 1.16. The molecule has 1 N–H and O–H groups in total. The number of ether oxygens (including phenoxy) is 3. The van der Waals surface area contributed by atoms with Crippen molar-refractivity contribution in [2.75, 3.05) is 91.0 Å². The van der Waals surface area contributed by atoms with Crippen LogP contribution < -0.4 is 29.9 Å². The molecule has 7 rings (SSSR count). The van der Waals surface area contributed by atoms with E-state index >= 15 is 8.78 Å². The Hall–Kier alpha value is -6.34. The van der Waals surface area contributed by atoms with Gasteiger partial charge in [-0.25, -0.2) is 9.78 Å². The molecule has 0 saturated carbocycles. The average molecular weight is 817 g/mol. The number of aliphatic imine (C=N–C) groups is 1. The predicted molar refractivity (Wildman–Crippen MR) is 214 cm³/mol. The fourth-order valence-electron chi connectivity index (χ4n) is 7.61. The predicted octanol–water partition coefficient (Wildman–Crippen LogP) is 3.70. The average Bonchev–Trinajstić information content (AvgIpc) is 3.69. The largest absolute Gasteiger partial charge is 0.493 e. The lowest BCUT2D eigenvalue weighted by Gasteiger charge is -2.31. The van der Waals surface area contributed by atoms with Gasteiger partial charge in [-0.1, -0.05) is 9.98 Å². The second-order valence-corrected chi connectivity index (χ2v) is 15.1. The number of likely N-dealkylation sites (tertiary alicyclic amines) is 1. The zero-order valence-electron chi connectivity index (χ0n) is 33.3. The number of hydrogen-bond donors (Lipinski definition) is 1. The molecule has 0 aliphatic carbocycles. The summed E-state index contributed by atoms with van der Waals surface area (Å²) in [7, 11) is 6.29. The Kier molecular flexibility index (Phi) is 11.9. The Morgan fingerprint density at radius 2 is 1.76 bits per heavy atom. The van der Waals surface area contributed by atoms with Gasteiger partial charge in [-0.3, -0.25) is 4.79 Å². The van der Waals surface area contributed by atoms with Gasteiger partial charge in [0.1, 0.15) is 18.1 Å². The van der Waals surface area contributed by atoms with Crippen LogP contribution in [0.15, 0.2) is 76.1 Å². The molecule has 0 unspecified atom stereocenters. The van der Waals surface area contributed by atoms with Crippen LogP contribution in [0.2, 0.25) is 0 Å². The number of methoxy groups -OCH3 is 2. The van der Waals surface area contributed by atoms with Crippen molar-refractivity contribution >= 4 is 40.5 Å². The number of nitro groups is 1. The highest BCUT2D eigenvalue weighted by Crippen LogP contribution is 2.34. The summed E-state index contributed by atoms with van der Waals surface area (Å²) in [4.78, 5) is 55.8. The number of hydrogen-bond acceptors (Lipinski definition) is 12. The Morgan fingerprint density at radius 1 is 1.08 bits per heavy atom. The van der Waals surface area contributed by atoms with E-state index in [1.54, 1.807) is 11.0 Å². The van der Waals surface area contributed by atoms with Crippen molar-refractivity contribution in [3.63, 3.8) is 0 Å². The number of fused-ring (bicyclic) bond motifs is 1. The topological polar surface area (TPSA) is 170 Å². The third-order valence-electron chi connectivity index (χ3n) is 10.7. The lowest BCUT2D eigenvalue weighted by molar-refractivity contribution is -0.880. The molecule has 0 bridgehead atoms. The minimum absolute atomic E-state index is 0.123. The maximum absolute atomic E-state index is 15.9. The lowest BCUT2D eigenvalue weighted by atomic mass is 10.0. The van der Waals surface area contributed by atoms with Crippen LogP contribution in [0.5, 0.6) is 11.5 Å². The number of aromatic nitrogens is 4. The first kappa shape index (κ1) is 40.8. The summed E-state index contributed by atoms with van der Waals surface area (Å²) < 4.78 is 50.2. The Morgan fingerprint density at radius 3 is 2.41 bits per heavy atom. The Labute approximate surface area is 338 Å². The van der Waals surface area contributed by atoms with Crippen molar-refractivity contribution in [3.8, 4) is 17.2 Å². The molecule has 5 heterocycles. The molecule has 4 aromatic rings. The highest BCUT2D eigenvalue weighted by Gasteiger charge is 2.34. The van der Waals surface area contributed by atoms with Gasteiger partial charge in [0.2, 0.25) is 17.5 Å². The lowest BCUT2D eigenvalue weighted by Crippen LogP contribution is -2.60. The van der Waals surface area contributed by atoms with Gasteiger partial charge >= 0.3 is 17.5 Å². The van der Waals surface area contributed by atoms with Gasteiger partial charge in [0.05, 0.1) is 65.9 Å². The fraction of sp³-hybridized carbons (Fsp3) is 0.400. The van der Waals surface area contributed by atoms with Crippen LogP contribution in [-0.4, -0.2) is 122 Å². The van der Waals surface area contributed by atoms with Gasteiger partial charge in [0.15, 0.2) is 17.2 Å². The molecule has 17 nitrogen and oxygen atoms in total. The number of nitrogens with zero attached hydrogens (tertiary/aromatic N) is 9. The molecule has 0 atom stereocenters. The molecule has 2 fully saturated rings. The van der Waals surface area contributed by atoms with Gasteiger partial charge < -0.3 is 43.9 Å². The van der Waals surface area contributed by atoms with E-state index in [9.17, 15) is 19.7 Å². The summed E-state index contributed by atoms with van der Waals surface area (Å²) in [5.41, 5.74) is 1.18. The third-order valence-corrected chi connectivity index (χ3v) is 10.7. The number of morpholine rings is 1. The number of nitrogens with one attached hydrogen (secondary N) is 1. The molecule has 3 aliphatic heterocycles. The first-order valence-corrected chi connectivity index (χ1v) is 19.2. The van der Waals surface area contributed by atoms with Crippen molar-refractivity contribution in [2.24, 2.45) is 4.99 Å². The van der Waals surface area contributed by atoms with E-state index in [0.29, 0.717) is 66.7 Å². The van der Waals surface area contributed by atoms with Crippen molar-refractivity contribution in [1.82, 2.24) is 19.4 Å². The number of halogens is 2. The van der Waals surface area contributed by atoms with E-state index in [-0.39, 0.29) is 47.9 Å². The molecular weight excluding hydrogens is 770 g/mol. The first-order valence-electron chi connectivity index (χ1n) is 19.2. The summed E-state index contributed by atoms with van der Waals surface area (Å²) in [6.45, 7) is 4.32. The molecular formula is C40H46F2N10O7+2. The minimum atomic E-state index is -1.10. The molecule has 310 valence electrons. The number of quaternary nitrogens is 1. The second-order valence-electron chi connectivity index (χ2n) is 15.1. The van der Waals surface area contributed by atoms with E-state index in [1.807, 2.05) is 38.4 Å². The van der Waals surface area contributed by atoms with Gasteiger partial charge in [-0.05, 0) is 48.1 Å². The minimum Gasteiger partial charge on any atom is -0.493 e. The van der Waals surface area contributed by atoms with E-state index in [2.05, 4.69) is 20.2 Å². The molecule has 3 aliphatic rings. The molecule has 0 radical (unpaired) electrons. The fourth-order valence-corrected chi connectivity index (χ4v) is 7.61. The SMILES string of the molecule is COc1cc(OC)c(F)c(-n2cc3cnc(Nc4ccc(N5CCOCC5)cc4)nc3[n+](C3CCN(C(=O)/C=C/C[N+](C)(C)CC4=C([N+](=O)[O-])N=CC4)CC3)c2=O)c1F. The zero-order valence-corrected chi connectivity index (χ0v) is 33.3. The first-order chi connectivity index (χ1) is 28.4. The maximum Gasteiger partial charge on any atom is 0.448 e. The van der Waals surface area contributed by atoms with Crippen molar-refractivity contribution in [1.29, 1.82) is 0 Å². The van der Waals surface area contributed by atoms with Crippen LogP contribution in [0.3, 0.4) is 0 Å². The summed E-state index contributed by atoms with van der Waals surface area (Å²) in [6.07, 6.45) is 8.62. The number of likely N-dealkylation sites (N-methyl/N-ethyl adjacent to an activating group) is 1. The van der Waals surface area contributed by atoms with E-state index in [4.69, 9.17) is 19.2 Å². The summed E-state index contributed by atoms with van der Waals surface area (Å²) >= 11 is 0. The number of carbonyl (C=O) groups is 1. The van der Waals surface area contributed by atoms with Crippen molar-refractivity contribution < 1.29 is 41.8 Å². The van der Waals surface area contributed by atoms with Crippen molar-refractivity contribution in [2.45, 2.75) is 25.3 Å². The highest BCUT2D eigenvalue weighted by molar-refractivity contribution is 5.87. The number of piperidine rings is 1. The molecule has 0 spiro atoms. The van der Waals surface area contributed by atoms with Gasteiger partial charge in [-0.15, -0.1) is 0 Å². The van der Waals surface area contributed by atoms with Crippen LogP contribution in [0.1, 0.15) is 25.3 Å². The van der Waals surface area contributed by atoms with Crippen LogP contribution in [0.25, 0.3) is 16.7 Å². The van der Waals surface area contributed by atoms with Crippen LogP contribution >= 0.6 is 0 Å². The number of carbonyl (C=O) groups excluding carboxylic acids is 1. The highest BCUT2D eigenvalue weighted by atomic mass is 19.1. The van der Waals surface area contributed by atoms with Gasteiger partial charge in [-0.2, -0.15) is 17.9 Å². The van der Waals surface area contributed by atoms with E-state index in [0.717, 1.165) is 29.4 Å². The van der Waals surface area contributed by atoms with Crippen molar-refractivity contribution in [3.05, 3.63) is 98.5 Å². The molecule has 1 amide bonds. The standard InChI is InChI=1S/C40H45F2N10O7/c1-52(2,25-26-11-14-43-37(26)51(55)56)19-5-6-33(53)48-15-12-30(13-16-48)50-38-27(24-49(40(50)54)36-34(41)31(57-3)22-32(58-4)35(36)42)23-44-39(46-38)45-28-7-9-29(10-8-28)47-17-20-59-21-18-47/h5-10,14,22-24,30H,11-13,15-21,25H2,1-4H3/q+1/p+1/b6-5+. The monoisotopic (exact) mass is 816 g/mol. The number of amides is 1. The van der Waals surface area contributed by atoms with Crippen LogP contribution in [-0.2, 0) is 9.53 Å². The van der Waals surface area contributed by atoms with E-state index < -0.39 is 34.0 Å². The summed E-state index contributed by atoms with van der Waals surface area (Å²) in [5.74, 6) is -2.98. The smallest absolute Gasteiger partial charge is 0.448 e.